The van der Waals surface area contributed by atoms with Crippen molar-refractivity contribution in [2.75, 3.05) is 5.73 Å². The van der Waals surface area contributed by atoms with E-state index in [2.05, 4.69) is 11.5 Å². The maximum atomic E-state index is 6.43. The summed E-state index contributed by atoms with van der Waals surface area (Å²) in [4.78, 5) is 5.00. The van der Waals surface area contributed by atoms with Crippen molar-refractivity contribution in [1.29, 1.82) is 0 Å². The Balaban J connectivity index is 1.81. The van der Waals surface area contributed by atoms with E-state index in [9.17, 15) is 0 Å². The number of rotatable bonds is 6. The number of unbranched alkanes of at least 4 members (excludes halogenated alkanes) is 2. The number of hydrogen-bond donors (Lipinski definition) is 1. The van der Waals surface area contributed by atoms with Crippen molar-refractivity contribution in [3.8, 4) is 0 Å². The van der Waals surface area contributed by atoms with Gasteiger partial charge in [0, 0.05) is 12.0 Å². The van der Waals surface area contributed by atoms with Gasteiger partial charge in [-0.25, -0.2) is 4.98 Å². The molecule has 1 heterocycles. The fourth-order valence-electron chi connectivity index (χ4n) is 3.60. The molecule has 1 aromatic rings. The molecule has 0 bridgehead atoms. The molecule has 0 spiro atoms. The van der Waals surface area contributed by atoms with Crippen LogP contribution in [0.5, 0.6) is 0 Å². The molecule has 2 aliphatic rings. The largest absolute Gasteiger partial charge is 0.384 e. The summed E-state index contributed by atoms with van der Waals surface area (Å²) < 4.78 is 2.41. The molecule has 0 aromatic carbocycles. The topological polar surface area (TPSA) is 43.8 Å². The van der Waals surface area contributed by atoms with Gasteiger partial charge in [0.15, 0.2) is 0 Å². The Kier molecular flexibility index (Phi) is 4.32. The first-order valence-corrected chi connectivity index (χ1v) is 8.67. The van der Waals surface area contributed by atoms with Gasteiger partial charge in [-0.2, -0.15) is 0 Å². The average Bonchev–Trinajstić information content (AvgIpc) is 3.26. The Labute approximate surface area is 123 Å². The summed E-state index contributed by atoms with van der Waals surface area (Å²) in [5, 5.41) is 0. The van der Waals surface area contributed by atoms with Crippen LogP contribution in [0.3, 0.4) is 0 Å². The highest BCUT2D eigenvalue weighted by molar-refractivity contribution is 5.40. The zero-order valence-corrected chi connectivity index (χ0v) is 12.9. The lowest BCUT2D eigenvalue weighted by molar-refractivity contribution is 0.416. The number of nitrogen functional groups attached to an aromatic ring is 1. The van der Waals surface area contributed by atoms with Gasteiger partial charge in [0.1, 0.15) is 11.6 Å². The van der Waals surface area contributed by atoms with E-state index in [0.29, 0.717) is 12.0 Å². The van der Waals surface area contributed by atoms with Gasteiger partial charge >= 0.3 is 0 Å². The summed E-state index contributed by atoms with van der Waals surface area (Å²) in [5.41, 5.74) is 7.62. The van der Waals surface area contributed by atoms with Crippen molar-refractivity contribution in [1.82, 2.24) is 9.55 Å². The second-order valence-electron chi connectivity index (χ2n) is 6.70. The predicted octanol–water partition coefficient (Wildman–Crippen LogP) is 4.58. The molecule has 2 aliphatic carbocycles. The van der Waals surface area contributed by atoms with E-state index >= 15 is 0 Å². The van der Waals surface area contributed by atoms with E-state index in [1.165, 1.54) is 75.7 Å². The fraction of sp³-hybridized carbons (Fsp3) is 0.824. The smallest absolute Gasteiger partial charge is 0.127 e. The fourth-order valence-corrected chi connectivity index (χ4v) is 3.60. The first-order valence-electron chi connectivity index (χ1n) is 8.67. The first-order chi connectivity index (χ1) is 9.81. The Bertz CT molecular complexity index is 439. The van der Waals surface area contributed by atoms with Gasteiger partial charge in [-0.1, -0.05) is 39.0 Å². The lowest BCUT2D eigenvalue weighted by atomic mass is 9.88. The Morgan fingerprint density at radius 2 is 1.85 bits per heavy atom. The minimum atomic E-state index is 0.666. The molecule has 2 N–H and O–H groups in total. The van der Waals surface area contributed by atoms with Crippen LogP contribution in [0.1, 0.15) is 94.6 Å². The molecule has 0 unspecified atom stereocenters. The van der Waals surface area contributed by atoms with E-state index in [-0.39, 0.29) is 0 Å². The van der Waals surface area contributed by atoms with Gasteiger partial charge in [0.25, 0.3) is 0 Å². The quantitative estimate of drug-likeness (QED) is 0.772. The maximum absolute atomic E-state index is 6.43. The lowest BCUT2D eigenvalue weighted by Gasteiger charge is -2.22. The van der Waals surface area contributed by atoms with Crippen LogP contribution in [0.25, 0.3) is 0 Å². The molecular formula is C17H29N3. The third kappa shape index (κ3) is 2.87. The van der Waals surface area contributed by atoms with Crippen molar-refractivity contribution in [2.24, 2.45) is 0 Å². The molecule has 3 rings (SSSR count). The molecule has 1 aromatic heterocycles. The van der Waals surface area contributed by atoms with Crippen LogP contribution in [0.15, 0.2) is 0 Å². The van der Waals surface area contributed by atoms with Gasteiger partial charge in [0.05, 0.1) is 5.69 Å². The van der Waals surface area contributed by atoms with E-state index in [0.717, 1.165) is 12.2 Å². The van der Waals surface area contributed by atoms with Crippen LogP contribution < -0.4 is 5.73 Å². The summed E-state index contributed by atoms with van der Waals surface area (Å²) in [6.45, 7) is 2.25. The SMILES string of the molecule is CCCCCc1nc(C2CCCCC2)n(C2CC2)c1N. The van der Waals surface area contributed by atoms with Gasteiger partial charge < -0.3 is 10.3 Å². The molecule has 0 radical (unpaired) electrons. The van der Waals surface area contributed by atoms with Gasteiger partial charge in [-0.3, -0.25) is 0 Å². The summed E-state index contributed by atoms with van der Waals surface area (Å²) in [6.07, 6.45) is 14.2. The number of hydrogen-bond acceptors (Lipinski definition) is 2. The normalized spacial score (nSPS) is 20.4. The Morgan fingerprint density at radius 1 is 1.10 bits per heavy atom. The van der Waals surface area contributed by atoms with Crippen molar-refractivity contribution >= 4 is 5.82 Å². The molecule has 0 amide bonds. The predicted molar refractivity (Wildman–Crippen MR) is 84.0 cm³/mol. The van der Waals surface area contributed by atoms with E-state index < -0.39 is 0 Å². The highest BCUT2D eigenvalue weighted by Gasteiger charge is 2.32. The second kappa shape index (κ2) is 6.19. The van der Waals surface area contributed by atoms with Crippen LogP contribution in [-0.2, 0) is 6.42 Å². The van der Waals surface area contributed by atoms with Gasteiger partial charge in [-0.05, 0) is 38.5 Å². The third-order valence-corrected chi connectivity index (χ3v) is 4.95. The minimum absolute atomic E-state index is 0.666. The standard InChI is InChI=1S/C17H29N3/c1-2-3-5-10-15-16(18)20(14-11-12-14)17(19-15)13-8-6-4-7-9-13/h13-14H,2-12,18H2,1H3. The summed E-state index contributed by atoms with van der Waals surface area (Å²) in [6, 6.07) is 0.666. The minimum Gasteiger partial charge on any atom is -0.384 e. The van der Waals surface area contributed by atoms with Gasteiger partial charge in [-0.15, -0.1) is 0 Å². The zero-order valence-electron chi connectivity index (χ0n) is 12.9. The zero-order chi connectivity index (χ0) is 13.9. The molecule has 2 fully saturated rings. The molecule has 112 valence electrons. The lowest BCUT2D eigenvalue weighted by Crippen LogP contribution is -2.12. The monoisotopic (exact) mass is 275 g/mol. The van der Waals surface area contributed by atoms with Crippen molar-refractivity contribution < 1.29 is 0 Å². The number of anilines is 1. The molecular weight excluding hydrogens is 246 g/mol. The summed E-state index contributed by atoms with van der Waals surface area (Å²) in [7, 11) is 0. The van der Waals surface area contributed by atoms with Crippen molar-refractivity contribution in [3.63, 3.8) is 0 Å². The highest BCUT2D eigenvalue weighted by Crippen LogP contribution is 2.43. The van der Waals surface area contributed by atoms with E-state index in [1.54, 1.807) is 0 Å². The molecule has 0 aliphatic heterocycles. The van der Waals surface area contributed by atoms with Crippen LogP contribution in [0, 0.1) is 0 Å². The van der Waals surface area contributed by atoms with Crippen LogP contribution in [0.4, 0.5) is 5.82 Å². The molecule has 0 saturated heterocycles. The molecule has 0 atom stereocenters. The Morgan fingerprint density at radius 3 is 2.50 bits per heavy atom. The number of aryl methyl sites for hydroxylation is 1. The third-order valence-electron chi connectivity index (χ3n) is 4.95. The van der Waals surface area contributed by atoms with Crippen molar-refractivity contribution in [3.05, 3.63) is 11.5 Å². The molecule has 3 heteroatoms. The number of nitrogens with zero attached hydrogens (tertiary/aromatic N) is 2. The molecule has 3 nitrogen and oxygen atoms in total. The number of imidazole rings is 1. The maximum Gasteiger partial charge on any atom is 0.127 e. The highest BCUT2D eigenvalue weighted by atomic mass is 15.2. The molecule has 20 heavy (non-hydrogen) atoms. The number of aromatic nitrogens is 2. The summed E-state index contributed by atoms with van der Waals surface area (Å²) >= 11 is 0. The van der Waals surface area contributed by atoms with Crippen LogP contribution in [0.2, 0.25) is 0 Å². The van der Waals surface area contributed by atoms with E-state index in [1.807, 2.05) is 0 Å². The molecule has 2 saturated carbocycles. The van der Waals surface area contributed by atoms with Crippen LogP contribution >= 0.6 is 0 Å². The summed E-state index contributed by atoms with van der Waals surface area (Å²) in [5.74, 6) is 2.99. The first kappa shape index (κ1) is 14.0. The Hall–Kier alpha value is -0.990. The van der Waals surface area contributed by atoms with Gasteiger partial charge in [0.2, 0.25) is 0 Å². The second-order valence-corrected chi connectivity index (χ2v) is 6.70. The van der Waals surface area contributed by atoms with Crippen LogP contribution in [-0.4, -0.2) is 9.55 Å². The van der Waals surface area contributed by atoms with E-state index in [4.69, 9.17) is 10.7 Å². The average molecular weight is 275 g/mol. The van der Waals surface area contributed by atoms with Crippen molar-refractivity contribution in [2.45, 2.75) is 89.5 Å². The number of nitrogens with two attached hydrogens (primary N) is 1.